The molecule has 5 nitrogen and oxygen atoms in total. The van der Waals surface area contributed by atoms with E-state index in [1.165, 1.54) is 32.8 Å². The second kappa shape index (κ2) is 9.64. The first kappa shape index (κ1) is 15.8. The fourth-order valence-corrected chi connectivity index (χ4v) is 2.26. The number of nitrogens with zero attached hydrogens (tertiary/aromatic N) is 1. The number of carbonyl (C=O) groups excluding carboxylic acids is 1. The third-order valence-corrected chi connectivity index (χ3v) is 3.33. The van der Waals surface area contributed by atoms with Crippen molar-refractivity contribution in [1.29, 1.82) is 0 Å². The lowest BCUT2D eigenvalue weighted by Gasteiger charge is -2.16. The van der Waals surface area contributed by atoms with Crippen LogP contribution in [-0.2, 0) is 9.53 Å². The van der Waals surface area contributed by atoms with E-state index in [0.29, 0.717) is 12.5 Å². The highest BCUT2D eigenvalue weighted by molar-refractivity contribution is 5.80. The van der Waals surface area contributed by atoms with Crippen molar-refractivity contribution in [3.63, 3.8) is 0 Å². The second-order valence-corrected chi connectivity index (χ2v) is 4.92. The molecule has 0 aromatic rings. The number of nitrogens with one attached hydrogen (secondary N) is 2. The summed E-state index contributed by atoms with van der Waals surface area (Å²) in [6, 6.07) is 0.577. The van der Waals surface area contributed by atoms with E-state index in [1.54, 1.807) is 0 Å². The van der Waals surface area contributed by atoms with Gasteiger partial charge >= 0.3 is 5.97 Å². The number of rotatable bonds is 7. The zero-order valence-corrected chi connectivity index (χ0v) is 12.2. The lowest BCUT2D eigenvalue weighted by Crippen LogP contribution is -2.42. The molecule has 1 rings (SSSR count). The van der Waals surface area contributed by atoms with Gasteiger partial charge in [-0.1, -0.05) is 12.8 Å². The third kappa shape index (κ3) is 7.03. The molecular weight excluding hydrogens is 242 g/mol. The van der Waals surface area contributed by atoms with Crippen molar-refractivity contribution in [2.75, 3.05) is 20.2 Å². The monoisotopic (exact) mass is 269 g/mol. The first-order valence-corrected chi connectivity index (χ1v) is 7.38. The quantitative estimate of drug-likeness (QED) is 0.320. The van der Waals surface area contributed by atoms with Gasteiger partial charge in [-0.25, -0.2) is 0 Å². The molecule has 0 saturated heterocycles. The first-order chi connectivity index (χ1) is 9.26. The van der Waals surface area contributed by atoms with Gasteiger partial charge in [0.05, 0.1) is 7.11 Å². The van der Waals surface area contributed by atoms with E-state index in [9.17, 15) is 4.79 Å². The Balaban J connectivity index is 2.21. The van der Waals surface area contributed by atoms with Gasteiger partial charge in [0.15, 0.2) is 5.96 Å². The Labute approximate surface area is 116 Å². The Morgan fingerprint density at radius 3 is 2.68 bits per heavy atom. The van der Waals surface area contributed by atoms with Crippen molar-refractivity contribution in [3.05, 3.63) is 0 Å². The van der Waals surface area contributed by atoms with Crippen molar-refractivity contribution in [2.24, 2.45) is 4.99 Å². The van der Waals surface area contributed by atoms with Crippen LogP contribution in [0.15, 0.2) is 4.99 Å². The normalized spacial score (nSPS) is 16.4. The maximum absolute atomic E-state index is 11.0. The van der Waals surface area contributed by atoms with Crippen LogP contribution in [0, 0.1) is 0 Å². The number of esters is 1. The summed E-state index contributed by atoms with van der Waals surface area (Å²) in [5.74, 6) is 0.771. The van der Waals surface area contributed by atoms with Gasteiger partial charge in [0.2, 0.25) is 0 Å². The molecule has 0 amide bonds. The molecule has 1 fully saturated rings. The molecule has 0 bridgehead atoms. The minimum atomic E-state index is -0.139. The standard InChI is InChI=1S/C14H27N3O2/c1-3-15-14(17-12-8-4-5-9-12)16-11-7-6-10-13(18)19-2/h12H,3-11H2,1-2H3,(H2,15,16,17). The van der Waals surface area contributed by atoms with Crippen molar-refractivity contribution in [2.45, 2.75) is 57.9 Å². The highest BCUT2D eigenvalue weighted by Crippen LogP contribution is 2.17. The molecule has 0 aliphatic heterocycles. The molecule has 2 N–H and O–H groups in total. The van der Waals surface area contributed by atoms with E-state index < -0.39 is 0 Å². The Morgan fingerprint density at radius 1 is 1.32 bits per heavy atom. The van der Waals surface area contributed by atoms with Gasteiger partial charge in [-0.2, -0.15) is 0 Å². The smallest absolute Gasteiger partial charge is 0.305 e. The highest BCUT2D eigenvalue weighted by Gasteiger charge is 2.15. The molecule has 0 atom stereocenters. The van der Waals surface area contributed by atoms with Crippen molar-refractivity contribution in [1.82, 2.24) is 10.6 Å². The molecule has 19 heavy (non-hydrogen) atoms. The molecular formula is C14H27N3O2. The second-order valence-electron chi connectivity index (χ2n) is 4.92. The summed E-state index contributed by atoms with van der Waals surface area (Å²) in [5.41, 5.74) is 0. The van der Waals surface area contributed by atoms with Crippen LogP contribution in [0.3, 0.4) is 0 Å². The Bertz CT molecular complexity index is 286. The van der Waals surface area contributed by atoms with Gasteiger partial charge in [0.25, 0.3) is 0 Å². The third-order valence-electron chi connectivity index (χ3n) is 3.33. The predicted molar refractivity (Wildman–Crippen MR) is 77.2 cm³/mol. The zero-order valence-electron chi connectivity index (χ0n) is 12.2. The molecule has 1 saturated carbocycles. The fraction of sp³-hybridized carbons (Fsp3) is 0.857. The molecule has 1 aliphatic rings. The number of methoxy groups -OCH3 is 1. The Morgan fingerprint density at radius 2 is 2.05 bits per heavy atom. The molecule has 0 spiro atoms. The van der Waals surface area contributed by atoms with Crippen LogP contribution < -0.4 is 10.6 Å². The Hall–Kier alpha value is -1.26. The number of guanidine groups is 1. The lowest BCUT2D eigenvalue weighted by atomic mass is 10.2. The van der Waals surface area contributed by atoms with E-state index in [-0.39, 0.29) is 5.97 Å². The SMILES string of the molecule is CCNC(=NCCCCC(=O)OC)NC1CCCC1. The lowest BCUT2D eigenvalue weighted by molar-refractivity contribution is -0.140. The van der Waals surface area contributed by atoms with Crippen molar-refractivity contribution in [3.8, 4) is 0 Å². The van der Waals surface area contributed by atoms with Crippen molar-refractivity contribution < 1.29 is 9.53 Å². The van der Waals surface area contributed by atoms with Gasteiger partial charge in [-0.15, -0.1) is 0 Å². The Kier molecular flexibility index (Phi) is 8.02. The summed E-state index contributed by atoms with van der Waals surface area (Å²) >= 11 is 0. The summed E-state index contributed by atoms with van der Waals surface area (Å²) in [4.78, 5) is 15.5. The topological polar surface area (TPSA) is 62.7 Å². The van der Waals surface area contributed by atoms with E-state index in [4.69, 9.17) is 0 Å². The number of hydrogen-bond acceptors (Lipinski definition) is 3. The first-order valence-electron chi connectivity index (χ1n) is 7.38. The molecule has 0 radical (unpaired) electrons. The van der Waals surface area contributed by atoms with E-state index in [2.05, 4.69) is 27.3 Å². The van der Waals surface area contributed by atoms with E-state index >= 15 is 0 Å². The summed E-state index contributed by atoms with van der Waals surface area (Å²) in [5, 5.41) is 6.74. The highest BCUT2D eigenvalue weighted by atomic mass is 16.5. The van der Waals surface area contributed by atoms with Crippen LogP contribution in [0.5, 0.6) is 0 Å². The summed E-state index contributed by atoms with van der Waals surface area (Å²) in [6.45, 7) is 3.70. The maximum atomic E-state index is 11.0. The maximum Gasteiger partial charge on any atom is 0.305 e. The van der Waals surface area contributed by atoms with Crippen LogP contribution in [0.1, 0.15) is 51.9 Å². The minimum absolute atomic E-state index is 0.139. The predicted octanol–water partition coefficient (Wildman–Crippen LogP) is 1.83. The molecule has 1 aliphatic carbocycles. The molecule has 110 valence electrons. The molecule has 0 unspecified atom stereocenters. The van der Waals surface area contributed by atoms with E-state index in [0.717, 1.165) is 31.9 Å². The molecule has 0 aromatic heterocycles. The van der Waals surface area contributed by atoms with Crippen LogP contribution in [0.4, 0.5) is 0 Å². The van der Waals surface area contributed by atoms with Gasteiger partial charge < -0.3 is 15.4 Å². The molecule has 0 heterocycles. The van der Waals surface area contributed by atoms with Gasteiger partial charge in [-0.3, -0.25) is 9.79 Å². The fourth-order valence-electron chi connectivity index (χ4n) is 2.26. The molecule has 5 heteroatoms. The summed E-state index contributed by atoms with van der Waals surface area (Å²) in [7, 11) is 1.43. The minimum Gasteiger partial charge on any atom is -0.469 e. The average Bonchev–Trinajstić information content (AvgIpc) is 2.91. The van der Waals surface area contributed by atoms with Crippen LogP contribution in [0.25, 0.3) is 0 Å². The van der Waals surface area contributed by atoms with E-state index in [1.807, 2.05) is 0 Å². The van der Waals surface area contributed by atoms with Gasteiger partial charge in [-0.05, 0) is 32.6 Å². The largest absolute Gasteiger partial charge is 0.469 e. The van der Waals surface area contributed by atoms with Gasteiger partial charge in [0.1, 0.15) is 0 Å². The number of aliphatic imine (C=N–C) groups is 1. The average molecular weight is 269 g/mol. The summed E-state index contributed by atoms with van der Waals surface area (Å²) in [6.07, 6.45) is 7.35. The zero-order chi connectivity index (χ0) is 13.9. The van der Waals surface area contributed by atoms with Gasteiger partial charge in [0, 0.05) is 25.6 Å². The van der Waals surface area contributed by atoms with Crippen LogP contribution in [0.2, 0.25) is 0 Å². The number of hydrogen-bond donors (Lipinski definition) is 2. The molecule has 0 aromatic carbocycles. The number of unbranched alkanes of at least 4 members (excludes halogenated alkanes) is 1. The van der Waals surface area contributed by atoms with Crippen LogP contribution in [-0.4, -0.2) is 38.2 Å². The summed E-state index contributed by atoms with van der Waals surface area (Å²) < 4.78 is 4.61. The number of carbonyl (C=O) groups is 1. The van der Waals surface area contributed by atoms with Crippen LogP contribution >= 0.6 is 0 Å². The van der Waals surface area contributed by atoms with Crippen molar-refractivity contribution >= 4 is 11.9 Å². The number of ether oxygens (including phenoxy) is 1.